The molecule has 4 rings (SSSR count). The van der Waals surface area contributed by atoms with Gasteiger partial charge in [0.15, 0.2) is 5.60 Å². The van der Waals surface area contributed by atoms with E-state index < -0.39 is 11.5 Å². The molecule has 1 amide bonds. The number of carbonyl (C=O) groups is 1. The van der Waals surface area contributed by atoms with Crippen LogP contribution < -0.4 is 4.90 Å². The monoisotopic (exact) mass is 393 g/mol. The fraction of sp³-hybridized carbons (Fsp3) is 0.174. The van der Waals surface area contributed by atoms with Crippen molar-refractivity contribution in [1.82, 2.24) is 0 Å². The second-order valence-electron chi connectivity index (χ2n) is 7.17. The van der Waals surface area contributed by atoms with Gasteiger partial charge in [-0.05, 0) is 60.4 Å². The topological polar surface area (TPSA) is 60.8 Å². The van der Waals surface area contributed by atoms with E-state index in [-0.39, 0.29) is 12.3 Å². The maximum Gasteiger partial charge on any atom is 0.268 e. The van der Waals surface area contributed by atoms with Gasteiger partial charge in [0.2, 0.25) is 0 Å². The van der Waals surface area contributed by atoms with Crippen molar-refractivity contribution in [2.75, 3.05) is 4.90 Å². The lowest BCUT2D eigenvalue weighted by Gasteiger charge is -2.25. The number of fused-ring (bicyclic) bond motifs is 1. The van der Waals surface area contributed by atoms with Crippen LogP contribution in [0.2, 0.25) is 5.02 Å². The van der Waals surface area contributed by atoms with Gasteiger partial charge < -0.3 is 15.1 Å². The van der Waals surface area contributed by atoms with Crippen molar-refractivity contribution in [3.05, 3.63) is 93.5 Å². The van der Waals surface area contributed by atoms with Crippen LogP contribution in [0.5, 0.6) is 5.75 Å². The van der Waals surface area contributed by atoms with Gasteiger partial charge in [-0.25, -0.2) is 0 Å². The third-order valence-corrected chi connectivity index (χ3v) is 5.70. The fourth-order valence-corrected chi connectivity index (χ4v) is 4.03. The van der Waals surface area contributed by atoms with Crippen molar-refractivity contribution in [2.24, 2.45) is 0 Å². The van der Waals surface area contributed by atoms with Gasteiger partial charge in [0, 0.05) is 10.6 Å². The van der Waals surface area contributed by atoms with Gasteiger partial charge in [-0.3, -0.25) is 4.79 Å². The minimum atomic E-state index is -1.82. The van der Waals surface area contributed by atoms with Crippen molar-refractivity contribution in [3.8, 4) is 5.75 Å². The van der Waals surface area contributed by atoms with Crippen molar-refractivity contribution in [3.63, 3.8) is 0 Å². The maximum atomic E-state index is 13.5. The maximum absolute atomic E-state index is 13.5. The Kier molecular flexibility index (Phi) is 4.41. The lowest BCUT2D eigenvalue weighted by atomic mass is 9.85. The number of anilines is 1. The van der Waals surface area contributed by atoms with Gasteiger partial charge in [-0.15, -0.1) is 0 Å². The van der Waals surface area contributed by atoms with Gasteiger partial charge in [0.05, 0.1) is 12.2 Å². The quantitative estimate of drug-likeness (QED) is 0.691. The Hall–Kier alpha value is -2.82. The van der Waals surface area contributed by atoms with E-state index in [1.165, 1.54) is 0 Å². The lowest BCUT2D eigenvalue weighted by molar-refractivity contribution is -0.132. The number of amides is 1. The van der Waals surface area contributed by atoms with E-state index >= 15 is 0 Å². The first kappa shape index (κ1) is 18.5. The molecule has 0 fully saturated rings. The molecule has 3 aromatic carbocycles. The van der Waals surface area contributed by atoms with Crippen LogP contribution in [0.3, 0.4) is 0 Å². The minimum absolute atomic E-state index is 0.166. The summed E-state index contributed by atoms with van der Waals surface area (Å²) in [6, 6.07) is 17.9. The summed E-state index contributed by atoms with van der Waals surface area (Å²) in [5, 5.41) is 22.3. The zero-order valence-electron chi connectivity index (χ0n) is 15.6. The number of phenolic OH excluding ortho intramolecular Hbond substituents is 1. The number of hydrogen-bond donors (Lipinski definition) is 2. The summed E-state index contributed by atoms with van der Waals surface area (Å²) in [5.74, 6) is -0.267. The number of aromatic hydroxyl groups is 1. The van der Waals surface area contributed by atoms with E-state index in [9.17, 15) is 15.0 Å². The van der Waals surface area contributed by atoms with Gasteiger partial charge >= 0.3 is 0 Å². The molecule has 0 saturated carbocycles. The summed E-state index contributed by atoms with van der Waals surface area (Å²) < 4.78 is 0. The van der Waals surface area contributed by atoms with Crippen LogP contribution in [0.15, 0.2) is 60.7 Å². The number of aryl methyl sites for hydroxylation is 2. The highest BCUT2D eigenvalue weighted by atomic mass is 35.5. The van der Waals surface area contributed by atoms with Crippen LogP contribution in [0.25, 0.3) is 0 Å². The number of aliphatic hydroxyl groups is 1. The Morgan fingerprint density at radius 2 is 1.61 bits per heavy atom. The van der Waals surface area contributed by atoms with Crippen molar-refractivity contribution in [1.29, 1.82) is 0 Å². The smallest absolute Gasteiger partial charge is 0.268 e. The predicted octanol–water partition coefficient (Wildman–Crippen LogP) is 4.45. The number of para-hydroxylation sites is 1. The van der Waals surface area contributed by atoms with Gasteiger partial charge in [-0.1, -0.05) is 48.0 Å². The van der Waals surface area contributed by atoms with Gasteiger partial charge in [-0.2, -0.15) is 0 Å². The Morgan fingerprint density at radius 3 is 2.29 bits per heavy atom. The zero-order valence-corrected chi connectivity index (χ0v) is 16.4. The van der Waals surface area contributed by atoms with Crippen LogP contribution in [-0.4, -0.2) is 16.1 Å². The van der Waals surface area contributed by atoms with E-state index in [0.29, 0.717) is 33.0 Å². The summed E-state index contributed by atoms with van der Waals surface area (Å²) in [7, 11) is 0. The summed E-state index contributed by atoms with van der Waals surface area (Å²) in [6.45, 7) is 3.76. The number of phenols is 1. The third kappa shape index (κ3) is 2.68. The first-order valence-electron chi connectivity index (χ1n) is 9.02. The second-order valence-corrected chi connectivity index (χ2v) is 7.58. The molecule has 1 aliphatic heterocycles. The predicted molar refractivity (Wildman–Crippen MR) is 110 cm³/mol. The lowest BCUT2D eigenvalue weighted by Crippen LogP contribution is -2.41. The van der Waals surface area contributed by atoms with E-state index in [4.69, 9.17) is 11.6 Å². The van der Waals surface area contributed by atoms with Crippen LogP contribution in [-0.2, 0) is 16.9 Å². The average Bonchev–Trinajstić information content (AvgIpc) is 2.90. The highest BCUT2D eigenvalue weighted by Gasteiger charge is 2.51. The highest BCUT2D eigenvalue weighted by molar-refractivity contribution is 6.31. The van der Waals surface area contributed by atoms with Crippen LogP contribution in [0.1, 0.15) is 27.8 Å². The second kappa shape index (κ2) is 6.66. The number of rotatable bonds is 3. The number of hydrogen-bond acceptors (Lipinski definition) is 3. The molecule has 0 radical (unpaired) electrons. The molecule has 0 aliphatic carbocycles. The summed E-state index contributed by atoms with van der Waals surface area (Å²) in [6.07, 6.45) is 0. The first-order chi connectivity index (χ1) is 13.3. The SMILES string of the molecule is Cc1cc(C2(O)C(=O)N(Cc3ccccc3Cl)c3ccccc32)cc(C)c1O. The Balaban J connectivity index is 1.86. The molecule has 0 bridgehead atoms. The molecule has 0 saturated heterocycles. The molecule has 2 N–H and O–H groups in total. The largest absolute Gasteiger partial charge is 0.507 e. The fourth-order valence-electron chi connectivity index (χ4n) is 3.83. The average molecular weight is 394 g/mol. The summed E-state index contributed by atoms with van der Waals surface area (Å²) in [4.78, 5) is 15.0. The Morgan fingerprint density at radius 1 is 1.00 bits per heavy atom. The van der Waals surface area contributed by atoms with Crippen molar-refractivity contribution < 1.29 is 15.0 Å². The molecule has 0 spiro atoms. The molecule has 0 aromatic heterocycles. The molecule has 1 aliphatic rings. The number of halogens is 1. The number of benzene rings is 3. The molecule has 3 aromatic rings. The molecule has 1 unspecified atom stereocenters. The molecule has 28 heavy (non-hydrogen) atoms. The van der Waals surface area contributed by atoms with E-state index in [1.54, 1.807) is 49.1 Å². The highest BCUT2D eigenvalue weighted by Crippen LogP contribution is 2.46. The molecule has 142 valence electrons. The summed E-state index contributed by atoms with van der Waals surface area (Å²) in [5.41, 5.74) is 1.82. The number of nitrogens with zero attached hydrogens (tertiary/aromatic N) is 1. The van der Waals surface area contributed by atoms with E-state index in [2.05, 4.69) is 0 Å². The molecule has 4 nitrogen and oxygen atoms in total. The normalized spacial score (nSPS) is 18.4. The van der Waals surface area contributed by atoms with Crippen molar-refractivity contribution >= 4 is 23.2 Å². The first-order valence-corrected chi connectivity index (χ1v) is 9.39. The standard InChI is InChI=1S/C23H20ClNO3/c1-14-11-17(12-15(2)21(14)26)23(28)18-8-4-6-10-20(18)25(22(23)27)13-16-7-3-5-9-19(16)24/h3-12,26,28H,13H2,1-2H3. The van der Waals surface area contributed by atoms with Gasteiger partial charge in [0.1, 0.15) is 5.75 Å². The molecule has 5 heteroatoms. The molecular weight excluding hydrogens is 374 g/mol. The van der Waals surface area contributed by atoms with E-state index in [1.807, 2.05) is 30.3 Å². The number of carbonyl (C=O) groups excluding carboxylic acids is 1. The van der Waals surface area contributed by atoms with E-state index in [0.717, 1.165) is 5.56 Å². The van der Waals surface area contributed by atoms with Gasteiger partial charge in [0.25, 0.3) is 5.91 Å². The minimum Gasteiger partial charge on any atom is -0.507 e. The third-order valence-electron chi connectivity index (χ3n) is 5.33. The molecular formula is C23H20ClNO3. The Labute approximate surface area is 168 Å². The van der Waals surface area contributed by atoms with Crippen LogP contribution in [0, 0.1) is 13.8 Å². The summed E-state index contributed by atoms with van der Waals surface area (Å²) >= 11 is 6.30. The molecule has 1 atom stereocenters. The van der Waals surface area contributed by atoms with Crippen LogP contribution in [0.4, 0.5) is 5.69 Å². The van der Waals surface area contributed by atoms with Crippen LogP contribution >= 0.6 is 11.6 Å². The molecule has 1 heterocycles. The zero-order chi connectivity index (χ0) is 20.1. The van der Waals surface area contributed by atoms with Crippen molar-refractivity contribution in [2.45, 2.75) is 26.0 Å². The Bertz CT molecular complexity index is 1070.